The van der Waals surface area contributed by atoms with Crippen molar-refractivity contribution in [3.63, 3.8) is 0 Å². The van der Waals surface area contributed by atoms with E-state index in [9.17, 15) is 19.6 Å². The van der Waals surface area contributed by atoms with Gasteiger partial charge in [0.15, 0.2) is 0 Å². The van der Waals surface area contributed by atoms with E-state index < -0.39 is 39.5 Å². The number of carbonyl (C=O) groups excluding carboxylic acids is 3. The first-order valence-corrected chi connectivity index (χ1v) is 8.56. The number of amides is 2. The van der Waals surface area contributed by atoms with Crippen LogP contribution in [-0.2, 0) is 19.1 Å². The molecule has 0 aliphatic carbocycles. The summed E-state index contributed by atoms with van der Waals surface area (Å²) in [5.41, 5.74) is -3.23. The molecule has 1 atom stereocenters. The third-order valence-electron chi connectivity index (χ3n) is 2.52. The number of halogens is 4. The molecule has 1 aliphatic rings. The van der Waals surface area contributed by atoms with Gasteiger partial charge in [0.05, 0.1) is 3.58 Å². The Hall–Kier alpha value is -0.760. The molecule has 0 saturated heterocycles. The Labute approximate surface area is 166 Å². The van der Waals surface area contributed by atoms with Crippen molar-refractivity contribution in [3.8, 4) is 6.07 Å². The number of rotatable bonds is 2. The second kappa shape index (κ2) is 7.23. The first-order chi connectivity index (χ1) is 10.7. The van der Waals surface area contributed by atoms with Gasteiger partial charge in [0.2, 0.25) is 3.79 Å². The maximum atomic E-state index is 12.4. The zero-order chi connectivity index (χ0) is 18.9. The lowest BCUT2D eigenvalue weighted by molar-refractivity contribution is -0.164. The van der Waals surface area contributed by atoms with E-state index in [-0.39, 0.29) is 3.58 Å². The maximum absolute atomic E-state index is 12.4. The third-order valence-corrected chi connectivity index (χ3v) is 3.62. The largest absolute Gasteiger partial charge is 0.457 e. The average molecular weight is 510 g/mol. The molecule has 24 heavy (non-hydrogen) atoms. The zero-order valence-corrected chi connectivity index (χ0v) is 17.2. The normalized spacial score (nSPS) is 21.2. The average Bonchev–Trinajstić information content (AvgIpc) is 2.66. The van der Waals surface area contributed by atoms with Gasteiger partial charge in [-0.15, -0.1) is 0 Å². The lowest BCUT2D eigenvalue weighted by Gasteiger charge is -2.30. The Kier molecular flexibility index (Phi) is 6.42. The molecule has 1 heterocycles. The Morgan fingerprint density at radius 3 is 2.33 bits per heavy atom. The molecule has 0 N–H and O–H groups in total. The number of ether oxygens (including phenoxy) is 2. The van der Waals surface area contributed by atoms with Crippen LogP contribution in [0.1, 0.15) is 20.8 Å². The van der Waals surface area contributed by atoms with E-state index in [2.05, 4.69) is 0 Å². The molecular formula is C13H12Cl3IN2O5. The fraction of sp³-hybridized carbons (Fsp3) is 0.538. The van der Waals surface area contributed by atoms with Crippen LogP contribution in [0.5, 0.6) is 0 Å². The lowest BCUT2D eigenvalue weighted by atomic mass is 10.0. The van der Waals surface area contributed by atoms with Gasteiger partial charge in [0, 0.05) is 0 Å². The molecule has 0 saturated carbocycles. The van der Waals surface area contributed by atoms with Gasteiger partial charge < -0.3 is 9.47 Å². The van der Waals surface area contributed by atoms with Crippen LogP contribution in [-0.4, -0.2) is 44.4 Å². The molecule has 11 heteroatoms. The Morgan fingerprint density at radius 2 is 1.92 bits per heavy atom. The number of nitrogens with zero attached hydrogens (tertiary/aromatic N) is 2. The van der Waals surface area contributed by atoms with Gasteiger partial charge in [-0.25, -0.2) is 14.5 Å². The molecular weight excluding hydrogens is 497 g/mol. The minimum atomic E-state index is -2.29. The van der Waals surface area contributed by atoms with Crippen molar-refractivity contribution < 1.29 is 23.9 Å². The summed E-state index contributed by atoms with van der Waals surface area (Å²) in [5, 5.41) is 9.49. The van der Waals surface area contributed by atoms with Crippen LogP contribution in [0.25, 0.3) is 0 Å². The molecule has 0 spiro atoms. The molecule has 1 aliphatic heterocycles. The molecule has 132 valence electrons. The molecule has 1 rings (SSSR count). The van der Waals surface area contributed by atoms with E-state index in [4.69, 9.17) is 44.3 Å². The lowest BCUT2D eigenvalue weighted by Crippen LogP contribution is -2.56. The zero-order valence-electron chi connectivity index (χ0n) is 12.7. The highest BCUT2D eigenvalue weighted by atomic mass is 127. The first-order valence-electron chi connectivity index (χ1n) is 6.34. The molecule has 0 bridgehead atoms. The van der Waals surface area contributed by atoms with Crippen LogP contribution >= 0.6 is 57.4 Å². The summed E-state index contributed by atoms with van der Waals surface area (Å²) in [6.45, 7) is 4.06. The second-order valence-electron chi connectivity index (χ2n) is 5.68. The molecule has 0 radical (unpaired) electrons. The van der Waals surface area contributed by atoms with E-state index >= 15 is 0 Å². The van der Waals surface area contributed by atoms with E-state index in [0.717, 1.165) is 6.08 Å². The van der Waals surface area contributed by atoms with Gasteiger partial charge >= 0.3 is 12.1 Å². The fourth-order valence-corrected chi connectivity index (χ4v) is 2.50. The van der Waals surface area contributed by atoms with E-state index in [1.807, 2.05) is 0 Å². The Morgan fingerprint density at radius 1 is 1.38 bits per heavy atom. The highest BCUT2D eigenvalue weighted by molar-refractivity contribution is 14.1. The van der Waals surface area contributed by atoms with Gasteiger partial charge in [-0.2, -0.15) is 5.26 Å². The van der Waals surface area contributed by atoms with E-state index in [1.54, 1.807) is 49.4 Å². The topological polar surface area (TPSA) is 96.7 Å². The summed E-state index contributed by atoms with van der Waals surface area (Å²) in [7, 11) is 0. The molecule has 0 aromatic rings. The molecule has 0 aromatic heterocycles. The minimum Gasteiger partial charge on any atom is -0.457 e. The summed E-state index contributed by atoms with van der Waals surface area (Å²) >= 11 is 18.0. The van der Waals surface area contributed by atoms with Crippen molar-refractivity contribution in [1.29, 1.82) is 5.26 Å². The van der Waals surface area contributed by atoms with Crippen molar-refractivity contribution in [3.05, 3.63) is 9.66 Å². The van der Waals surface area contributed by atoms with E-state index in [0.29, 0.717) is 4.90 Å². The van der Waals surface area contributed by atoms with Gasteiger partial charge in [0.1, 0.15) is 18.3 Å². The number of carbonyl (C=O) groups is 3. The van der Waals surface area contributed by atoms with Gasteiger partial charge in [-0.05, 0) is 49.4 Å². The fourth-order valence-electron chi connectivity index (χ4n) is 1.65. The minimum absolute atomic E-state index is 0.0224. The monoisotopic (exact) mass is 508 g/mol. The maximum Gasteiger partial charge on any atom is 0.419 e. The van der Waals surface area contributed by atoms with Gasteiger partial charge in [-0.3, -0.25) is 4.79 Å². The van der Waals surface area contributed by atoms with Gasteiger partial charge in [-0.1, -0.05) is 34.8 Å². The number of alkyl halides is 3. The molecule has 0 aromatic carbocycles. The van der Waals surface area contributed by atoms with Crippen LogP contribution in [0.15, 0.2) is 9.66 Å². The highest BCUT2D eigenvalue weighted by Crippen LogP contribution is 2.35. The SMILES string of the molecule is CC(C)(C)OC(=O)[C@]1(C#N)C=C(I)C(=O)N1C(=O)OCC(Cl)(Cl)Cl. The van der Waals surface area contributed by atoms with Crippen LogP contribution in [0.3, 0.4) is 0 Å². The van der Waals surface area contributed by atoms with Crippen molar-refractivity contribution in [1.82, 2.24) is 4.90 Å². The molecule has 0 fully saturated rings. The Balaban J connectivity index is 3.21. The molecule has 2 amide bonds. The van der Waals surface area contributed by atoms with Crippen LogP contribution in [0.2, 0.25) is 0 Å². The standard InChI is InChI=1S/C13H12Cl3IN2O5/c1-11(2,3)24-9(21)12(5-18)4-7(17)8(20)19(12)10(22)23-6-13(14,15)16/h4H,6H2,1-3H3/t12-/m1/s1. The van der Waals surface area contributed by atoms with E-state index in [1.165, 1.54) is 0 Å². The summed E-state index contributed by atoms with van der Waals surface area (Å²) < 4.78 is 7.93. The second-order valence-corrected chi connectivity index (χ2v) is 9.36. The predicted molar refractivity (Wildman–Crippen MR) is 94.8 cm³/mol. The summed E-state index contributed by atoms with van der Waals surface area (Å²) in [6.07, 6.45) is -0.276. The highest BCUT2D eigenvalue weighted by Gasteiger charge is 2.57. The molecule has 7 nitrogen and oxygen atoms in total. The smallest absolute Gasteiger partial charge is 0.419 e. The number of hydrogen-bond donors (Lipinski definition) is 0. The quantitative estimate of drug-likeness (QED) is 0.322. The summed E-state index contributed by atoms with van der Waals surface area (Å²) in [5.74, 6) is -1.99. The van der Waals surface area contributed by atoms with Crippen LogP contribution in [0.4, 0.5) is 4.79 Å². The van der Waals surface area contributed by atoms with Crippen molar-refractivity contribution in [2.45, 2.75) is 35.7 Å². The summed E-state index contributed by atoms with van der Waals surface area (Å²) in [4.78, 5) is 37.2. The summed E-state index contributed by atoms with van der Waals surface area (Å²) in [6, 6.07) is 1.64. The first kappa shape index (κ1) is 21.3. The Bertz CT molecular complexity index is 647. The number of esters is 1. The number of hydrogen-bond acceptors (Lipinski definition) is 6. The number of nitriles is 1. The molecule has 0 unspecified atom stereocenters. The van der Waals surface area contributed by atoms with Crippen molar-refractivity contribution in [2.75, 3.05) is 6.61 Å². The predicted octanol–water partition coefficient (Wildman–Crippen LogP) is 3.26. The van der Waals surface area contributed by atoms with Crippen LogP contribution < -0.4 is 0 Å². The van der Waals surface area contributed by atoms with Crippen molar-refractivity contribution >= 4 is 75.4 Å². The van der Waals surface area contributed by atoms with Gasteiger partial charge in [0.25, 0.3) is 11.4 Å². The third kappa shape index (κ3) is 4.88. The van der Waals surface area contributed by atoms with Crippen molar-refractivity contribution in [2.24, 2.45) is 0 Å². The van der Waals surface area contributed by atoms with Crippen LogP contribution in [0, 0.1) is 11.3 Å². The number of imide groups is 1.